The molecule has 1 saturated heterocycles. The molecule has 0 atom stereocenters. The molecule has 0 N–H and O–H groups in total. The van der Waals surface area contributed by atoms with Gasteiger partial charge in [0, 0.05) is 6.04 Å². The fourth-order valence-corrected chi connectivity index (χ4v) is 4.71. The van der Waals surface area contributed by atoms with Crippen molar-refractivity contribution >= 4 is 0 Å². The number of hydrogen-bond donors (Lipinski definition) is 0. The van der Waals surface area contributed by atoms with Crippen LogP contribution in [0.25, 0.3) is 0 Å². The zero-order valence-corrected chi connectivity index (χ0v) is 15.1. The molecule has 1 aliphatic carbocycles. The second-order valence-corrected chi connectivity index (χ2v) is 7.86. The summed E-state index contributed by atoms with van der Waals surface area (Å²) in [6, 6.07) is 9.44. The van der Waals surface area contributed by atoms with Crippen molar-refractivity contribution in [2.75, 3.05) is 20.2 Å². The lowest BCUT2D eigenvalue weighted by Crippen LogP contribution is -2.43. The average molecular weight is 316 g/mol. The molecule has 1 aromatic carbocycles. The molecule has 1 saturated carbocycles. The predicted octanol–water partition coefficient (Wildman–Crippen LogP) is 5.09. The summed E-state index contributed by atoms with van der Waals surface area (Å²) in [6.07, 6.45) is 8.28. The van der Waals surface area contributed by atoms with Gasteiger partial charge in [0.05, 0.1) is 7.11 Å². The number of para-hydroxylation sites is 1. The van der Waals surface area contributed by atoms with Crippen molar-refractivity contribution in [2.45, 2.75) is 64.3 Å². The normalized spacial score (nSPS) is 27.3. The number of methoxy groups -OCH3 is 1. The van der Waals surface area contributed by atoms with Gasteiger partial charge in [-0.3, -0.25) is 0 Å². The minimum Gasteiger partial charge on any atom is -0.496 e. The molecule has 1 aromatic rings. The molecule has 0 aromatic heterocycles. The first-order valence-corrected chi connectivity index (χ1v) is 9.56. The van der Waals surface area contributed by atoms with Crippen LogP contribution in [-0.2, 0) is 0 Å². The van der Waals surface area contributed by atoms with Crippen LogP contribution in [0.2, 0.25) is 0 Å². The summed E-state index contributed by atoms with van der Waals surface area (Å²) < 4.78 is 5.56. The Morgan fingerprint density at radius 2 is 1.61 bits per heavy atom. The van der Waals surface area contributed by atoms with Gasteiger partial charge in [0.1, 0.15) is 5.75 Å². The Morgan fingerprint density at radius 1 is 0.957 bits per heavy atom. The van der Waals surface area contributed by atoms with Crippen LogP contribution in [-0.4, -0.2) is 31.1 Å². The van der Waals surface area contributed by atoms with E-state index in [1.54, 1.807) is 7.11 Å². The number of ether oxygens (including phenoxy) is 1. The van der Waals surface area contributed by atoms with E-state index >= 15 is 0 Å². The van der Waals surface area contributed by atoms with Gasteiger partial charge in [-0.25, -0.2) is 0 Å². The highest BCUT2D eigenvalue weighted by atomic mass is 16.5. The molecule has 0 unspecified atom stereocenters. The van der Waals surface area contributed by atoms with Crippen LogP contribution in [0.3, 0.4) is 0 Å². The van der Waals surface area contributed by atoms with E-state index in [-0.39, 0.29) is 0 Å². The summed E-state index contributed by atoms with van der Waals surface area (Å²) in [5.41, 5.74) is 1.41. The van der Waals surface area contributed by atoms with Gasteiger partial charge in [0.15, 0.2) is 0 Å². The summed E-state index contributed by atoms with van der Waals surface area (Å²) in [5.74, 6) is 3.59. The Bertz CT molecular complexity index is 482. The lowest BCUT2D eigenvalue weighted by atomic mass is 9.78. The first-order chi connectivity index (χ1) is 11.2. The summed E-state index contributed by atoms with van der Waals surface area (Å²) >= 11 is 0. The Hall–Kier alpha value is -1.02. The van der Waals surface area contributed by atoms with Crippen LogP contribution in [0, 0.1) is 11.8 Å². The number of hydrogen-bond acceptors (Lipinski definition) is 2. The van der Waals surface area contributed by atoms with Crippen molar-refractivity contribution in [1.29, 1.82) is 0 Å². The van der Waals surface area contributed by atoms with Crippen LogP contribution < -0.4 is 4.74 Å². The van der Waals surface area contributed by atoms with Gasteiger partial charge in [0.25, 0.3) is 0 Å². The van der Waals surface area contributed by atoms with Crippen molar-refractivity contribution in [3.05, 3.63) is 29.8 Å². The molecule has 2 nitrogen and oxygen atoms in total. The number of piperidine rings is 1. The van der Waals surface area contributed by atoms with Crippen LogP contribution in [0.1, 0.15) is 63.9 Å². The molecule has 2 heteroatoms. The Balaban J connectivity index is 1.53. The minimum atomic E-state index is 0.675. The third-order valence-electron chi connectivity index (χ3n) is 6.31. The van der Waals surface area contributed by atoms with E-state index in [1.807, 2.05) is 0 Å². The summed E-state index contributed by atoms with van der Waals surface area (Å²) in [6.45, 7) is 7.31. The highest BCUT2D eigenvalue weighted by molar-refractivity contribution is 5.36. The number of benzene rings is 1. The van der Waals surface area contributed by atoms with E-state index in [9.17, 15) is 0 Å². The summed E-state index contributed by atoms with van der Waals surface area (Å²) in [4.78, 5) is 2.78. The zero-order chi connectivity index (χ0) is 16.2. The van der Waals surface area contributed by atoms with Crippen LogP contribution >= 0.6 is 0 Å². The molecule has 1 aliphatic heterocycles. The van der Waals surface area contributed by atoms with E-state index in [4.69, 9.17) is 4.74 Å². The molecule has 128 valence electrons. The second kappa shape index (κ2) is 7.70. The van der Waals surface area contributed by atoms with E-state index in [0.29, 0.717) is 5.92 Å². The number of nitrogens with zero attached hydrogens (tertiary/aromatic N) is 1. The van der Waals surface area contributed by atoms with Gasteiger partial charge in [0.2, 0.25) is 0 Å². The minimum absolute atomic E-state index is 0.675. The van der Waals surface area contributed by atoms with Crippen LogP contribution in [0.5, 0.6) is 5.75 Å². The molecule has 23 heavy (non-hydrogen) atoms. The maximum Gasteiger partial charge on any atom is 0.122 e. The van der Waals surface area contributed by atoms with Crippen LogP contribution in [0.4, 0.5) is 0 Å². The number of rotatable bonds is 4. The maximum absolute atomic E-state index is 5.56. The van der Waals surface area contributed by atoms with E-state index in [2.05, 4.69) is 43.0 Å². The second-order valence-electron chi connectivity index (χ2n) is 7.86. The SMILES string of the molecule is COc1ccccc1C1CCN(C2CCC(C(C)C)CC2)CC1. The van der Waals surface area contributed by atoms with Crippen molar-refractivity contribution in [3.8, 4) is 5.75 Å². The molecular formula is C21H33NO. The Labute approximate surface area is 142 Å². The fraction of sp³-hybridized carbons (Fsp3) is 0.714. The first-order valence-electron chi connectivity index (χ1n) is 9.56. The lowest BCUT2D eigenvalue weighted by Gasteiger charge is -2.41. The Morgan fingerprint density at radius 3 is 2.22 bits per heavy atom. The van der Waals surface area contributed by atoms with Gasteiger partial charge >= 0.3 is 0 Å². The molecule has 2 fully saturated rings. The Kier molecular flexibility index (Phi) is 5.63. The van der Waals surface area contributed by atoms with Gasteiger partial charge in [-0.05, 0) is 81.0 Å². The van der Waals surface area contributed by atoms with Gasteiger partial charge in [-0.2, -0.15) is 0 Å². The smallest absolute Gasteiger partial charge is 0.122 e. The zero-order valence-electron chi connectivity index (χ0n) is 15.1. The standard InChI is InChI=1S/C21H33NO/c1-16(2)17-8-10-19(11-9-17)22-14-12-18(13-15-22)20-6-4-5-7-21(20)23-3/h4-7,16-19H,8-15H2,1-3H3. The first kappa shape index (κ1) is 16.8. The highest BCUT2D eigenvalue weighted by Gasteiger charge is 2.30. The fourth-order valence-electron chi connectivity index (χ4n) is 4.71. The molecule has 0 amide bonds. The summed E-state index contributed by atoms with van der Waals surface area (Å²) in [7, 11) is 1.79. The molecule has 0 spiro atoms. The van der Waals surface area contributed by atoms with Crippen molar-refractivity contribution < 1.29 is 4.74 Å². The molecule has 1 heterocycles. The molecule has 2 aliphatic rings. The van der Waals surface area contributed by atoms with Gasteiger partial charge in [-0.15, -0.1) is 0 Å². The third-order valence-corrected chi connectivity index (χ3v) is 6.31. The van der Waals surface area contributed by atoms with E-state index in [0.717, 1.165) is 23.6 Å². The maximum atomic E-state index is 5.56. The lowest BCUT2D eigenvalue weighted by molar-refractivity contribution is 0.0979. The topological polar surface area (TPSA) is 12.5 Å². The third kappa shape index (κ3) is 3.91. The molecule has 0 bridgehead atoms. The monoisotopic (exact) mass is 315 g/mol. The van der Waals surface area contributed by atoms with Gasteiger partial charge in [-0.1, -0.05) is 32.0 Å². The van der Waals surface area contributed by atoms with Crippen LogP contribution in [0.15, 0.2) is 24.3 Å². The van der Waals surface area contributed by atoms with Crippen molar-refractivity contribution in [1.82, 2.24) is 4.90 Å². The van der Waals surface area contributed by atoms with Crippen molar-refractivity contribution in [2.24, 2.45) is 11.8 Å². The summed E-state index contributed by atoms with van der Waals surface area (Å²) in [5, 5.41) is 0. The predicted molar refractivity (Wildman–Crippen MR) is 97.1 cm³/mol. The van der Waals surface area contributed by atoms with Gasteiger partial charge < -0.3 is 9.64 Å². The van der Waals surface area contributed by atoms with E-state index < -0.39 is 0 Å². The van der Waals surface area contributed by atoms with E-state index in [1.165, 1.54) is 57.2 Å². The van der Waals surface area contributed by atoms with Crippen molar-refractivity contribution in [3.63, 3.8) is 0 Å². The molecule has 3 rings (SSSR count). The average Bonchev–Trinajstić information content (AvgIpc) is 2.62. The highest BCUT2D eigenvalue weighted by Crippen LogP contribution is 2.37. The molecular weight excluding hydrogens is 282 g/mol. The quantitative estimate of drug-likeness (QED) is 0.767. The number of likely N-dealkylation sites (tertiary alicyclic amines) is 1. The largest absolute Gasteiger partial charge is 0.496 e. The molecule has 0 radical (unpaired) electrons.